The summed E-state index contributed by atoms with van der Waals surface area (Å²) < 4.78 is 38.4. The molecule has 1 aliphatic heterocycles. The second-order valence-electron chi connectivity index (χ2n) is 6.98. The molecule has 1 amide bonds. The molecular formula is C21H26N2O5S. The topological polar surface area (TPSA) is 84.9 Å². The van der Waals surface area contributed by atoms with Gasteiger partial charge in [0.1, 0.15) is 11.5 Å². The van der Waals surface area contributed by atoms with Crippen molar-refractivity contribution >= 4 is 21.6 Å². The Morgan fingerprint density at radius 3 is 2.38 bits per heavy atom. The van der Waals surface area contributed by atoms with Crippen LogP contribution < -0.4 is 14.2 Å². The summed E-state index contributed by atoms with van der Waals surface area (Å²) in [5.41, 5.74) is 3.17. The van der Waals surface area contributed by atoms with E-state index in [1.165, 1.54) is 14.2 Å². The number of methoxy groups -OCH3 is 2. The summed E-state index contributed by atoms with van der Waals surface area (Å²) in [6.45, 7) is 3.04. The van der Waals surface area contributed by atoms with Crippen molar-refractivity contribution in [2.75, 3.05) is 25.5 Å². The highest BCUT2D eigenvalue weighted by Crippen LogP contribution is 2.26. The quantitative estimate of drug-likeness (QED) is 0.747. The minimum absolute atomic E-state index is 0.105. The van der Waals surface area contributed by atoms with Crippen LogP contribution in [0.2, 0.25) is 0 Å². The van der Waals surface area contributed by atoms with Gasteiger partial charge in [0.2, 0.25) is 15.9 Å². The Labute approximate surface area is 171 Å². The van der Waals surface area contributed by atoms with Gasteiger partial charge in [-0.05, 0) is 47.4 Å². The number of nitrogens with one attached hydrogen (secondary N) is 1. The maximum atomic E-state index is 12.7. The summed E-state index contributed by atoms with van der Waals surface area (Å²) in [5, 5.41) is 0. The number of hydrogen-bond donors (Lipinski definition) is 1. The van der Waals surface area contributed by atoms with Crippen LogP contribution in [-0.4, -0.2) is 40.0 Å². The maximum absolute atomic E-state index is 12.7. The van der Waals surface area contributed by atoms with Crippen molar-refractivity contribution in [3.63, 3.8) is 0 Å². The highest BCUT2D eigenvalue weighted by molar-refractivity contribution is 7.91. The van der Waals surface area contributed by atoms with Gasteiger partial charge in [-0.2, -0.15) is 0 Å². The van der Waals surface area contributed by atoms with E-state index in [2.05, 4.69) is 4.72 Å². The zero-order chi connectivity index (χ0) is 21.0. The SMILES string of the molecule is CCC(=O)N1CCc2ccc(NS(=O)(=O)Cc3cc(OC)cc(OC)c3)cc2C1. The molecule has 0 unspecified atom stereocenters. The molecule has 0 aromatic heterocycles. The van der Waals surface area contributed by atoms with Gasteiger partial charge in [0, 0.05) is 31.3 Å². The Morgan fingerprint density at radius 1 is 1.07 bits per heavy atom. The largest absolute Gasteiger partial charge is 0.497 e. The monoisotopic (exact) mass is 418 g/mol. The number of sulfonamides is 1. The molecule has 0 saturated carbocycles. The minimum Gasteiger partial charge on any atom is -0.497 e. The van der Waals surface area contributed by atoms with E-state index < -0.39 is 10.0 Å². The first kappa shape index (κ1) is 21.0. The van der Waals surface area contributed by atoms with E-state index >= 15 is 0 Å². The molecule has 0 bridgehead atoms. The number of carbonyl (C=O) groups is 1. The first-order valence-corrected chi connectivity index (χ1v) is 11.1. The van der Waals surface area contributed by atoms with Crippen molar-refractivity contribution in [2.45, 2.75) is 32.1 Å². The molecular weight excluding hydrogens is 392 g/mol. The van der Waals surface area contributed by atoms with Crippen molar-refractivity contribution in [3.8, 4) is 11.5 Å². The third kappa shape index (κ3) is 5.20. The van der Waals surface area contributed by atoms with Gasteiger partial charge in [0.05, 0.1) is 20.0 Å². The first-order chi connectivity index (χ1) is 13.8. The van der Waals surface area contributed by atoms with Gasteiger partial charge in [-0.25, -0.2) is 8.42 Å². The van der Waals surface area contributed by atoms with Crippen molar-refractivity contribution in [3.05, 3.63) is 53.1 Å². The van der Waals surface area contributed by atoms with E-state index in [1.807, 2.05) is 24.0 Å². The molecule has 0 aliphatic carbocycles. The Balaban J connectivity index is 1.77. The third-order valence-electron chi connectivity index (χ3n) is 4.91. The average Bonchev–Trinajstić information content (AvgIpc) is 2.71. The van der Waals surface area contributed by atoms with E-state index in [-0.39, 0.29) is 11.7 Å². The zero-order valence-electron chi connectivity index (χ0n) is 16.9. The lowest BCUT2D eigenvalue weighted by Gasteiger charge is -2.29. The lowest BCUT2D eigenvalue weighted by molar-refractivity contribution is -0.131. The van der Waals surface area contributed by atoms with Crippen molar-refractivity contribution in [1.29, 1.82) is 0 Å². The lowest BCUT2D eigenvalue weighted by atomic mass is 9.99. The lowest BCUT2D eigenvalue weighted by Crippen LogP contribution is -2.35. The van der Waals surface area contributed by atoms with Crippen LogP contribution in [-0.2, 0) is 33.5 Å². The molecule has 3 rings (SSSR count). The molecule has 0 radical (unpaired) electrons. The number of amides is 1. The second-order valence-corrected chi connectivity index (χ2v) is 8.71. The molecule has 156 valence electrons. The summed E-state index contributed by atoms with van der Waals surface area (Å²) in [7, 11) is -0.603. The molecule has 2 aromatic rings. The number of ether oxygens (including phenoxy) is 2. The number of anilines is 1. The van der Waals surface area contributed by atoms with E-state index in [4.69, 9.17) is 9.47 Å². The zero-order valence-corrected chi connectivity index (χ0v) is 17.7. The summed E-state index contributed by atoms with van der Waals surface area (Å²) in [4.78, 5) is 13.8. The molecule has 29 heavy (non-hydrogen) atoms. The van der Waals surface area contributed by atoms with Gasteiger partial charge in [0.25, 0.3) is 0 Å². The van der Waals surface area contributed by atoms with Gasteiger partial charge < -0.3 is 14.4 Å². The van der Waals surface area contributed by atoms with Crippen LogP contribution in [0.3, 0.4) is 0 Å². The van der Waals surface area contributed by atoms with Gasteiger partial charge >= 0.3 is 0 Å². The molecule has 1 N–H and O–H groups in total. The Hall–Kier alpha value is -2.74. The van der Waals surface area contributed by atoms with Crippen LogP contribution in [0.1, 0.15) is 30.0 Å². The normalized spacial score (nSPS) is 13.6. The van der Waals surface area contributed by atoms with Crippen molar-refractivity contribution < 1.29 is 22.7 Å². The number of fused-ring (bicyclic) bond motifs is 1. The van der Waals surface area contributed by atoms with Crippen LogP contribution in [0.5, 0.6) is 11.5 Å². The maximum Gasteiger partial charge on any atom is 0.236 e. The highest BCUT2D eigenvalue weighted by atomic mass is 32.2. The summed E-state index contributed by atoms with van der Waals surface area (Å²) in [5.74, 6) is 0.958. The fourth-order valence-electron chi connectivity index (χ4n) is 3.44. The molecule has 7 nitrogen and oxygen atoms in total. The Kier molecular flexibility index (Phi) is 6.32. The van der Waals surface area contributed by atoms with Gasteiger partial charge in [-0.3, -0.25) is 9.52 Å². The molecule has 2 aromatic carbocycles. The van der Waals surface area contributed by atoms with Gasteiger partial charge in [-0.15, -0.1) is 0 Å². The molecule has 1 aliphatic rings. The smallest absolute Gasteiger partial charge is 0.236 e. The van der Waals surface area contributed by atoms with Crippen molar-refractivity contribution in [1.82, 2.24) is 4.90 Å². The highest BCUT2D eigenvalue weighted by Gasteiger charge is 2.21. The first-order valence-electron chi connectivity index (χ1n) is 9.45. The fourth-order valence-corrected chi connectivity index (χ4v) is 4.61. The molecule has 0 spiro atoms. The predicted octanol–water partition coefficient (Wildman–Crippen LogP) is 2.94. The Morgan fingerprint density at radius 2 is 1.76 bits per heavy atom. The van der Waals surface area contributed by atoms with E-state index in [0.717, 1.165) is 17.5 Å². The summed E-state index contributed by atoms with van der Waals surface area (Å²) in [6, 6.07) is 10.5. The second kappa shape index (κ2) is 8.73. The minimum atomic E-state index is -3.64. The number of rotatable bonds is 7. The van der Waals surface area contributed by atoms with E-state index in [0.29, 0.717) is 42.3 Å². The molecule has 8 heteroatoms. The van der Waals surface area contributed by atoms with Crippen LogP contribution in [0, 0.1) is 0 Å². The third-order valence-corrected chi connectivity index (χ3v) is 6.18. The summed E-state index contributed by atoms with van der Waals surface area (Å²) >= 11 is 0. The number of hydrogen-bond acceptors (Lipinski definition) is 5. The van der Waals surface area contributed by atoms with Crippen LogP contribution >= 0.6 is 0 Å². The number of nitrogens with zero attached hydrogens (tertiary/aromatic N) is 1. The van der Waals surface area contributed by atoms with E-state index in [1.54, 1.807) is 24.3 Å². The van der Waals surface area contributed by atoms with Crippen LogP contribution in [0.25, 0.3) is 0 Å². The molecule has 1 heterocycles. The molecule has 0 fully saturated rings. The van der Waals surface area contributed by atoms with E-state index in [9.17, 15) is 13.2 Å². The van der Waals surface area contributed by atoms with Crippen LogP contribution in [0.4, 0.5) is 5.69 Å². The molecule has 0 atom stereocenters. The fraction of sp³-hybridized carbons (Fsp3) is 0.381. The van der Waals surface area contributed by atoms with Crippen molar-refractivity contribution in [2.24, 2.45) is 0 Å². The summed E-state index contributed by atoms with van der Waals surface area (Å²) in [6.07, 6.45) is 1.24. The standard InChI is InChI=1S/C21H26N2O5S/c1-4-21(24)23-8-7-16-5-6-18(11-17(16)13-23)22-29(25,26)14-15-9-19(27-2)12-20(10-15)28-3/h5-6,9-12,22H,4,7-8,13-14H2,1-3H3. The van der Waals surface area contributed by atoms with Gasteiger partial charge in [-0.1, -0.05) is 13.0 Å². The van der Waals surface area contributed by atoms with Gasteiger partial charge in [0.15, 0.2) is 0 Å². The number of carbonyl (C=O) groups excluding carboxylic acids is 1. The average molecular weight is 419 g/mol. The Bertz CT molecular complexity index is 982. The van der Waals surface area contributed by atoms with Crippen LogP contribution in [0.15, 0.2) is 36.4 Å². The molecule has 0 saturated heterocycles. The number of benzene rings is 2. The predicted molar refractivity (Wildman–Crippen MR) is 112 cm³/mol.